The number of thioether (sulfide) groups is 1. The highest BCUT2D eigenvalue weighted by Crippen LogP contribution is 2.28. The van der Waals surface area contributed by atoms with E-state index >= 15 is 0 Å². The van der Waals surface area contributed by atoms with Crippen molar-refractivity contribution < 1.29 is 8.42 Å². The molecule has 0 aliphatic heterocycles. The summed E-state index contributed by atoms with van der Waals surface area (Å²) >= 11 is 1.59. The number of nitrogen functional groups attached to an aromatic ring is 1. The Morgan fingerprint density at radius 2 is 2.00 bits per heavy atom. The van der Waals surface area contributed by atoms with Gasteiger partial charge in [0.2, 0.25) is 10.0 Å². The van der Waals surface area contributed by atoms with Gasteiger partial charge >= 0.3 is 0 Å². The first kappa shape index (κ1) is 13.3. The summed E-state index contributed by atoms with van der Waals surface area (Å²) in [5.41, 5.74) is 6.05. The molecule has 1 aromatic rings. The van der Waals surface area contributed by atoms with Gasteiger partial charge in [0.1, 0.15) is 0 Å². The molecular formula is C10H16N2O2S2. The van der Waals surface area contributed by atoms with Gasteiger partial charge in [0.15, 0.2) is 0 Å². The second-order valence-electron chi connectivity index (χ2n) is 3.62. The Hall–Kier alpha value is -0.720. The normalized spacial score (nSPS) is 13.7. The zero-order valence-electron chi connectivity index (χ0n) is 9.30. The molecule has 1 atom stereocenters. The van der Waals surface area contributed by atoms with E-state index in [-0.39, 0.29) is 4.90 Å². The average Bonchev–Trinajstić information content (AvgIpc) is 2.15. The van der Waals surface area contributed by atoms with Crippen molar-refractivity contribution in [3.8, 4) is 0 Å². The molecular weight excluding hydrogens is 244 g/mol. The molecule has 4 N–H and O–H groups in total. The minimum atomic E-state index is -3.68. The van der Waals surface area contributed by atoms with Crippen molar-refractivity contribution in [3.63, 3.8) is 0 Å². The average molecular weight is 260 g/mol. The smallest absolute Gasteiger partial charge is 0.238 e. The van der Waals surface area contributed by atoms with Gasteiger partial charge in [-0.25, -0.2) is 13.6 Å². The highest BCUT2D eigenvalue weighted by molar-refractivity contribution is 8.00. The van der Waals surface area contributed by atoms with Gasteiger partial charge in [-0.3, -0.25) is 0 Å². The maximum atomic E-state index is 11.2. The summed E-state index contributed by atoms with van der Waals surface area (Å²) in [6.07, 6.45) is 1.00. The van der Waals surface area contributed by atoms with E-state index in [0.717, 1.165) is 11.3 Å². The monoisotopic (exact) mass is 260 g/mol. The molecule has 0 spiro atoms. The summed E-state index contributed by atoms with van der Waals surface area (Å²) in [6.45, 7) is 4.15. The van der Waals surface area contributed by atoms with Crippen LogP contribution in [-0.4, -0.2) is 13.7 Å². The van der Waals surface area contributed by atoms with Crippen LogP contribution in [0.25, 0.3) is 0 Å². The van der Waals surface area contributed by atoms with Crippen LogP contribution in [0.3, 0.4) is 0 Å². The lowest BCUT2D eigenvalue weighted by Gasteiger charge is -2.10. The zero-order chi connectivity index (χ0) is 12.3. The molecule has 1 unspecified atom stereocenters. The third-order valence-electron chi connectivity index (χ3n) is 2.14. The molecule has 0 aromatic heterocycles. The van der Waals surface area contributed by atoms with Crippen LogP contribution in [0.5, 0.6) is 0 Å². The Labute approximate surface area is 100 Å². The third-order valence-corrected chi connectivity index (χ3v) is 4.28. The molecule has 4 nitrogen and oxygen atoms in total. The quantitative estimate of drug-likeness (QED) is 0.638. The van der Waals surface area contributed by atoms with Crippen LogP contribution in [0.2, 0.25) is 0 Å². The van der Waals surface area contributed by atoms with E-state index in [0.29, 0.717) is 10.9 Å². The molecule has 0 heterocycles. The fourth-order valence-electron chi connectivity index (χ4n) is 1.14. The van der Waals surface area contributed by atoms with Crippen LogP contribution in [0.1, 0.15) is 20.3 Å². The summed E-state index contributed by atoms with van der Waals surface area (Å²) in [6, 6.07) is 4.68. The molecule has 90 valence electrons. The fraction of sp³-hybridized carbons (Fsp3) is 0.400. The first-order valence-corrected chi connectivity index (χ1v) is 7.35. The van der Waals surface area contributed by atoms with Crippen molar-refractivity contribution in [2.24, 2.45) is 5.14 Å². The third kappa shape index (κ3) is 3.70. The molecule has 0 bridgehead atoms. The molecule has 6 heteroatoms. The Bertz CT molecular complexity index is 472. The van der Waals surface area contributed by atoms with Crippen LogP contribution in [0.4, 0.5) is 5.69 Å². The molecule has 0 radical (unpaired) electrons. The number of hydrogen-bond acceptors (Lipinski definition) is 4. The van der Waals surface area contributed by atoms with Gasteiger partial charge in [0.25, 0.3) is 0 Å². The minimum Gasteiger partial charge on any atom is -0.399 e. The summed E-state index contributed by atoms with van der Waals surface area (Å²) in [5, 5.41) is 5.48. The molecule has 0 saturated carbocycles. The van der Waals surface area contributed by atoms with Gasteiger partial charge in [0.05, 0.1) is 4.90 Å². The molecule has 0 amide bonds. The number of nitrogens with two attached hydrogens (primary N) is 2. The fourth-order valence-corrected chi connectivity index (χ4v) is 2.84. The number of hydrogen-bond donors (Lipinski definition) is 2. The number of benzene rings is 1. The lowest BCUT2D eigenvalue weighted by Crippen LogP contribution is -2.12. The van der Waals surface area contributed by atoms with Crippen molar-refractivity contribution in [1.29, 1.82) is 0 Å². The van der Waals surface area contributed by atoms with Crippen LogP contribution in [0.15, 0.2) is 28.0 Å². The largest absolute Gasteiger partial charge is 0.399 e. The zero-order valence-corrected chi connectivity index (χ0v) is 10.9. The number of primary sulfonamides is 1. The lowest BCUT2D eigenvalue weighted by atomic mass is 10.3. The van der Waals surface area contributed by atoms with E-state index in [9.17, 15) is 8.42 Å². The maximum Gasteiger partial charge on any atom is 0.238 e. The second kappa shape index (κ2) is 5.07. The summed E-state index contributed by atoms with van der Waals surface area (Å²) < 4.78 is 22.4. The van der Waals surface area contributed by atoms with E-state index in [1.54, 1.807) is 23.9 Å². The van der Waals surface area contributed by atoms with Gasteiger partial charge in [-0.15, -0.1) is 11.8 Å². The number of rotatable bonds is 4. The van der Waals surface area contributed by atoms with Crippen LogP contribution in [-0.2, 0) is 10.0 Å². The highest BCUT2D eigenvalue weighted by Gasteiger charge is 2.11. The van der Waals surface area contributed by atoms with Gasteiger partial charge in [0, 0.05) is 15.8 Å². The van der Waals surface area contributed by atoms with Crippen LogP contribution < -0.4 is 10.9 Å². The molecule has 16 heavy (non-hydrogen) atoms. The van der Waals surface area contributed by atoms with E-state index in [1.165, 1.54) is 6.07 Å². The van der Waals surface area contributed by atoms with Crippen molar-refractivity contribution in [2.45, 2.75) is 35.3 Å². The Balaban J connectivity index is 3.09. The van der Waals surface area contributed by atoms with E-state index in [2.05, 4.69) is 13.8 Å². The van der Waals surface area contributed by atoms with Crippen LogP contribution in [0, 0.1) is 0 Å². The molecule has 0 aliphatic rings. The van der Waals surface area contributed by atoms with E-state index in [1.807, 2.05) is 0 Å². The van der Waals surface area contributed by atoms with Crippen molar-refractivity contribution >= 4 is 27.5 Å². The van der Waals surface area contributed by atoms with E-state index in [4.69, 9.17) is 10.9 Å². The highest BCUT2D eigenvalue weighted by atomic mass is 32.2. The van der Waals surface area contributed by atoms with Gasteiger partial charge in [-0.05, 0) is 24.6 Å². The molecule has 0 fully saturated rings. The predicted octanol–water partition coefficient (Wildman–Crippen LogP) is 1.81. The van der Waals surface area contributed by atoms with Crippen LogP contribution >= 0.6 is 11.8 Å². The van der Waals surface area contributed by atoms with E-state index < -0.39 is 10.0 Å². The molecule has 1 aromatic carbocycles. The summed E-state index contributed by atoms with van der Waals surface area (Å²) in [5.74, 6) is 0. The SMILES string of the molecule is CCC(C)Sc1cc(N)cc(S(N)(=O)=O)c1. The first-order valence-electron chi connectivity index (χ1n) is 4.93. The number of anilines is 1. The van der Waals surface area contributed by atoms with Crippen molar-refractivity contribution in [3.05, 3.63) is 18.2 Å². The summed E-state index contributed by atoms with van der Waals surface area (Å²) in [4.78, 5) is 0.900. The van der Waals surface area contributed by atoms with Gasteiger partial charge in [-0.1, -0.05) is 13.8 Å². The van der Waals surface area contributed by atoms with Crippen molar-refractivity contribution in [1.82, 2.24) is 0 Å². The maximum absolute atomic E-state index is 11.2. The molecule has 0 aliphatic carbocycles. The second-order valence-corrected chi connectivity index (χ2v) is 6.69. The minimum absolute atomic E-state index is 0.0679. The number of sulfonamides is 1. The Kier molecular flexibility index (Phi) is 4.23. The standard InChI is InChI=1S/C10H16N2O2S2/c1-3-7(2)15-9-4-8(11)5-10(6-9)16(12,13)14/h4-7H,3,11H2,1-2H3,(H2,12,13,14). The Morgan fingerprint density at radius 1 is 1.38 bits per heavy atom. The lowest BCUT2D eigenvalue weighted by molar-refractivity contribution is 0.597. The molecule has 1 rings (SSSR count). The predicted molar refractivity (Wildman–Crippen MR) is 67.8 cm³/mol. The Morgan fingerprint density at radius 3 is 2.50 bits per heavy atom. The van der Waals surface area contributed by atoms with Gasteiger partial charge < -0.3 is 5.73 Å². The van der Waals surface area contributed by atoms with Gasteiger partial charge in [-0.2, -0.15) is 0 Å². The van der Waals surface area contributed by atoms with Crippen molar-refractivity contribution in [2.75, 3.05) is 5.73 Å². The summed E-state index contributed by atoms with van der Waals surface area (Å²) in [7, 11) is -3.68. The first-order chi connectivity index (χ1) is 7.32. The molecule has 0 saturated heterocycles. The topological polar surface area (TPSA) is 86.2 Å².